The summed E-state index contributed by atoms with van der Waals surface area (Å²) in [7, 11) is 0. The van der Waals surface area contributed by atoms with Crippen LogP contribution in [0.4, 0.5) is 8.63 Å². The Morgan fingerprint density at radius 3 is 2.63 bits per heavy atom. The SMILES string of the molecule is CCOc1ccc(/C=C/C2=[N+]3C(=Cc4ccc(-c5ccc[nH]5)n4[B-]3(F)F)C=C2)cc1. The average Bonchev–Trinajstić information content (AvgIpc) is 3.47. The van der Waals surface area contributed by atoms with Crippen LogP contribution in [-0.4, -0.2) is 33.2 Å². The number of H-pyrrole nitrogens is 1. The molecule has 0 saturated carbocycles. The number of aromatic nitrogens is 2. The van der Waals surface area contributed by atoms with Crippen molar-refractivity contribution in [3.05, 3.63) is 89.9 Å². The van der Waals surface area contributed by atoms with E-state index in [2.05, 4.69) is 4.98 Å². The van der Waals surface area contributed by atoms with E-state index in [4.69, 9.17) is 4.74 Å². The molecular formula is C23H20BF2N3O. The number of hydrogen-bond acceptors (Lipinski definition) is 1. The maximum absolute atomic E-state index is 15.7. The minimum absolute atomic E-state index is 0.455. The molecule has 1 aromatic carbocycles. The number of nitrogens with zero attached hydrogens (tertiary/aromatic N) is 2. The maximum Gasteiger partial charge on any atom is 0.737 e. The Balaban J connectivity index is 1.53. The number of fused-ring (bicyclic) bond motifs is 2. The van der Waals surface area contributed by atoms with Crippen molar-refractivity contribution < 1.29 is 17.9 Å². The van der Waals surface area contributed by atoms with Gasteiger partial charge in [-0.3, -0.25) is 0 Å². The van der Waals surface area contributed by atoms with Gasteiger partial charge in [0.2, 0.25) is 0 Å². The minimum Gasteiger partial charge on any atom is -0.494 e. The van der Waals surface area contributed by atoms with E-state index in [1.165, 1.54) is 0 Å². The van der Waals surface area contributed by atoms with Crippen molar-refractivity contribution in [1.29, 1.82) is 0 Å². The zero-order valence-corrected chi connectivity index (χ0v) is 16.4. The monoisotopic (exact) mass is 403 g/mol. The van der Waals surface area contributed by atoms with Gasteiger partial charge < -0.3 is 27.3 Å². The summed E-state index contributed by atoms with van der Waals surface area (Å²) in [4.78, 5) is 3.03. The molecule has 0 spiro atoms. The first-order valence-corrected chi connectivity index (χ1v) is 9.92. The van der Waals surface area contributed by atoms with E-state index >= 15 is 8.63 Å². The summed E-state index contributed by atoms with van der Waals surface area (Å²) in [5.41, 5.74) is 3.50. The van der Waals surface area contributed by atoms with Gasteiger partial charge in [0.25, 0.3) is 0 Å². The molecule has 5 rings (SSSR count). The van der Waals surface area contributed by atoms with E-state index in [0.29, 0.717) is 35.1 Å². The third kappa shape index (κ3) is 2.94. The van der Waals surface area contributed by atoms with Crippen molar-refractivity contribution in [1.82, 2.24) is 9.46 Å². The number of halogens is 2. The van der Waals surface area contributed by atoms with Crippen molar-refractivity contribution in [3.8, 4) is 17.1 Å². The minimum atomic E-state index is -4.04. The van der Waals surface area contributed by atoms with Crippen LogP contribution < -0.4 is 4.74 Å². The Morgan fingerprint density at radius 1 is 1.07 bits per heavy atom. The highest BCUT2D eigenvalue weighted by Crippen LogP contribution is 2.35. The number of hydrogen-bond donors (Lipinski definition) is 1. The summed E-state index contributed by atoms with van der Waals surface area (Å²) < 4.78 is 39.2. The van der Waals surface area contributed by atoms with Crippen LogP contribution >= 0.6 is 0 Å². The molecule has 2 aromatic heterocycles. The Kier molecular flexibility index (Phi) is 4.31. The molecule has 4 nitrogen and oxygen atoms in total. The number of allylic oxidation sites excluding steroid dienone is 3. The summed E-state index contributed by atoms with van der Waals surface area (Å²) >= 11 is 0. The van der Waals surface area contributed by atoms with Gasteiger partial charge in [0.05, 0.1) is 12.3 Å². The van der Waals surface area contributed by atoms with Crippen LogP contribution in [0.3, 0.4) is 0 Å². The van der Waals surface area contributed by atoms with Gasteiger partial charge in [-0.05, 0) is 55.0 Å². The molecule has 0 saturated heterocycles. The van der Waals surface area contributed by atoms with Crippen molar-refractivity contribution in [2.24, 2.45) is 0 Å². The second-order valence-corrected chi connectivity index (χ2v) is 7.22. The van der Waals surface area contributed by atoms with Crippen LogP contribution in [0.25, 0.3) is 23.5 Å². The molecule has 0 bridgehead atoms. The number of ether oxygens (including phenoxy) is 1. The third-order valence-electron chi connectivity index (χ3n) is 5.36. The van der Waals surface area contributed by atoms with Gasteiger partial charge in [0, 0.05) is 41.9 Å². The molecule has 0 aliphatic carbocycles. The summed E-state index contributed by atoms with van der Waals surface area (Å²) in [5.74, 6) is 0.788. The topological polar surface area (TPSA) is 33.0 Å². The van der Waals surface area contributed by atoms with E-state index < -0.39 is 6.97 Å². The lowest BCUT2D eigenvalue weighted by Crippen LogP contribution is -2.50. The predicted octanol–water partition coefficient (Wildman–Crippen LogP) is 5.20. The van der Waals surface area contributed by atoms with Crippen molar-refractivity contribution >= 4 is 24.8 Å². The molecule has 0 atom stereocenters. The molecule has 4 heterocycles. The van der Waals surface area contributed by atoms with Crippen LogP contribution in [0.5, 0.6) is 5.75 Å². The lowest BCUT2D eigenvalue weighted by molar-refractivity contribution is -0.359. The molecule has 0 unspecified atom stereocenters. The van der Waals surface area contributed by atoms with Crippen molar-refractivity contribution in [2.75, 3.05) is 6.61 Å². The van der Waals surface area contributed by atoms with Gasteiger partial charge in [-0.2, -0.15) is 0 Å². The van der Waals surface area contributed by atoms with E-state index in [1.54, 1.807) is 54.8 Å². The summed E-state index contributed by atoms with van der Waals surface area (Å²) in [6, 6.07) is 14.6. The standard InChI is InChI=1S/C23H20BF2N3O/c1-2-30-21-12-6-17(7-13-21)5-8-18-9-10-19-16-20-11-14-23(22-4-3-15-27-22)29(20)24(25,26)28(18)19/h3-16,27H,2H2,1H3/b8-5+. The van der Waals surface area contributed by atoms with Crippen LogP contribution in [0.1, 0.15) is 18.2 Å². The molecule has 150 valence electrons. The second-order valence-electron chi connectivity index (χ2n) is 7.22. The first-order valence-electron chi connectivity index (χ1n) is 9.92. The molecule has 2 aliphatic heterocycles. The van der Waals surface area contributed by atoms with Gasteiger partial charge in [-0.1, -0.05) is 12.1 Å². The predicted molar refractivity (Wildman–Crippen MR) is 117 cm³/mol. The molecule has 3 aromatic rings. The molecule has 2 aliphatic rings. The first-order chi connectivity index (χ1) is 14.6. The molecule has 0 fully saturated rings. The third-order valence-corrected chi connectivity index (χ3v) is 5.36. The van der Waals surface area contributed by atoms with E-state index in [1.807, 2.05) is 37.3 Å². The molecule has 0 radical (unpaired) electrons. The van der Waals surface area contributed by atoms with Gasteiger partial charge >= 0.3 is 6.97 Å². The highest BCUT2D eigenvalue weighted by molar-refractivity contribution is 6.58. The molecular weight excluding hydrogens is 383 g/mol. The quantitative estimate of drug-likeness (QED) is 0.584. The largest absolute Gasteiger partial charge is 0.737 e. The highest BCUT2D eigenvalue weighted by atomic mass is 19.2. The zero-order chi connectivity index (χ0) is 20.7. The average molecular weight is 403 g/mol. The van der Waals surface area contributed by atoms with Crippen molar-refractivity contribution in [2.45, 2.75) is 6.92 Å². The Labute approximate surface area is 173 Å². The van der Waals surface area contributed by atoms with Gasteiger partial charge in [0.15, 0.2) is 11.4 Å². The summed E-state index contributed by atoms with van der Waals surface area (Å²) in [6.07, 6.45) is 10.6. The Bertz CT molecular complexity index is 1220. The van der Waals surface area contributed by atoms with Gasteiger partial charge in [-0.15, -0.1) is 0 Å². The first kappa shape index (κ1) is 18.4. The normalized spacial score (nSPS) is 16.7. The van der Waals surface area contributed by atoms with E-state index in [9.17, 15) is 0 Å². The number of nitrogens with one attached hydrogen (secondary N) is 1. The number of aromatic amines is 1. The van der Waals surface area contributed by atoms with Crippen molar-refractivity contribution in [3.63, 3.8) is 0 Å². The van der Waals surface area contributed by atoms with Gasteiger partial charge in [0.1, 0.15) is 5.75 Å². The number of benzene rings is 1. The lowest BCUT2D eigenvalue weighted by Gasteiger charge is -2.30. The van der Waals surface area contributed by atoms with Crippen LogP contribution in [0.15, 0.2) is 78.7 Å². The van der Waals surface area contributed by atoms with Crippen LogP contribution in [0, 0.1) is 0 Å². The van der Waals surface area contributed by atoms with Crippen LogP contribution in [-0.2, 0) is 0 Å². The van der Waals surface area contributed by atoms with Gasteiger partial charge in [-0.25, -0.2) is 0 Å². The fraction of sp³-hybridized carbons (Fsp3) is 0.0870. The molecule has 1 N–H and O–H groups in total. The fourth-order valence-electron chi connectivity index (χ4n) is 4.02. The van der Waals surface area contributed by atoms with Crippen LogP contribution in [0.2, 0.25) is 0 Å². The second kappa shape index (κ2) is 7.02. The Hall–Kier alpha value is -3.61. The molecule has 30 heavy (non-hydrogen) atoms. The Morgan fingerprint density at radius 2 is 1.90 bits per heavy atom. The molecule has 7 heteroatoms. The fourth-order valence-corrected chi connectivity index (χ4v) is 4.02. The maximum atomic E-state index is 15.7. The smallest absolute Gasteiger partial charge is 0.494 e. The van der Waals surface area contributed by atoms with E-state index in [0.717, 1.165) is 20.3 Å². The number of rotatable bonds is 5. The molecule has 0 amide bonds. The summed E-state index contributed by atoms with van der Waals surface area (Å²) in [5, 5.41) is 0. The van der Waals surface area contributed by atoms with E-state index in [-0.39, 0.29) is 0 Å². The lowest BCUT2D eigenvalue weighted by atomic mass is 9.90. The zero-order valence-electron chi connectivity index (χ0n) is 16.4. The highest BCUT2D eigenvalue weighted by Gasteiger charge is 2.52. The summed E-state index contributed by atoms with van der Waals surface area (Å²) in [6.45, 7) is -1.51.